The van der Waals surface area contributed by atoms with E-state index in [1.807, 2.05) is 0 Å². The third-order valence-corrected chi connectivity index (χ3v) is 7.04. The molecule has 10 N–H and O–H groups in total. The van der Waals surface area contributed by atoms with Crippen LogP contribution in [0.2, 0.25) is 0 Å². The van der Waals surface area contributed by atoms with Crippen molar-refractivity contribution in [3.63, 3.8) is 0 Å². The second kappa shape index (κ2) is 11.2. The van der Waals surface area contributed by atoms with E-state index in [9.17, 15) is 55.9 Å². The maximum absolute atomic E-state index is 13.3. The van der Waals surface area contributed by atoms with Crippen molar-refractivity contribution in [2.75, 3.05) is 19.8 Å². The van der Waals surface area contributed by atoms with E-state index in [0.29, 0.717) is 0 Å². The van der Waals surface area contributed by atoms with Gasteiger partial charge in [-0.3, -0.25) is 4.79 Å². The summed E-state index contributed by atoms with van der Waals surface area (Å²) >= 11 is 0. The lowest BCUT2D eigenvalue weighted by atomic mass is 9.97. The van der Waals surface area contributed by atoms with Crippen molar-refractivity contribution in [3.8, 4) is 40.1 Å². The first-order valence-corrected chi connectivity index (χ1v) is 12.5. The van der Waals surface area contributed by atoms with Gasteiger partial charge >= 0.3 is 0 Å². The smallest absolute Gasteiger partial charge is 0.263 e. The summed E-state index contributed by atoms with van der Waals surface area (Å²) in [5, 5.41) is 102. The topological polar surface area (TPSA) is 269 Å². The zero-order chi connectivity index (χ0) is 30.5. The van der Waals surface area contributed by atoms with Crippen LogP contribution in [0, 0.1) is 0 Å². The van der Waals surface area contributed by atoms with Gasteiger partial charge in [0, 0.05) is 11.6 Å². The summed E-state index contributed by atoms with van der Waals surface area (Å²) in [6.07, 6.45) is -12.5. The van der Waals surface area contributed by atoms with Crippen LogP contribution in [0.5, 0.6) is 28.7 Å². The molecule has 0 bridgehead atoms. The lowest BCUT2D eigenvalue weighted by Gasteiger charge is -2.43. The zero-order valence-corrected chi connectivity index (χ0v) is 21.5. The Morgan fingerprint density at radius 1 is 0.857 bits per heavy atom. The highest BCUT2D eigenvalue weighted by Gasteiger charge is 2.53. The summed E-state index contributed by atoms with van der Waals surface area (Å²) < 4.78 is 27.4. The van der Waals surface area contributed by atoms with Gasteiger partial charge in [-0.15, -0.1) is 0 Å². The molecule has 0 saturated carbocycles. The lowest BCUT2D eigenvalue weighted by molar-refractivity contribution is -0.319. The quantitative estimate of drug-likeness (QED) is 0.142. The van der Waals surface area contributed by atoms with Crippen LogP contribution in [-0.2, 0) is 9.47 Å². The van der Waals surface area contributed by atoms with Crippen molar-refractivity contribution in [2.24, 2.45) is 0 Å². The van der Waals surface area contributed by atoms with Crippen LogP contribution in [0.4, 0.5) is 0 Å². The van der Waals surface area contributed by atoms with Gasteiger partial charge < -0.3 is 74.4 Å². The molecule has 2 aromatic carbocycles. The number of phenols is 3. The molecule has 16 heteroatoms. The summed E-state index contributed by atoms with van der Waals surface area (Å²) in [5.74, 6) is -6.80. The molecule has 0 amide bonds. The Hall–Kier alpha value is -3.71. The molecule has 1 aromatic heterocycles. The van der Waals surface area contributed by atoms with Crippen molar-refractivity contribution in [1.29, 1.82) is 0 Å². The second-order valence-corrected chi connectivity index (χ2v) is 9.84. The van der Waals surface area contributed by atoms with Crippen LogP contribution in [0.3, 0.4) is 0 Å². The first-order chi connectivity index (χ1) is 19.9. The van der Waals surface area contributed by atoms with Crippen LogP contribution < -0.4 is 14.9 Å². The predicted molar refractivity (Wildman–Crippen MR) is 136 cm³/mol. The van der Waals surface area contributed by atoms with Gasteiger partial charge in [-0.05, 0) is 24.3 Å². The van der Waals surface area contributed by atoms with E-state index in [4.69, 9.17) is 23.4 Å². The number of hydrogen-bond acceptors (Lipinski definition) is 16. The molecule has 8 atom stereocenters. The molecule has 42 heavy (non-hydrogen) atoms. The van der Waals surface area contributed by atoms with Crippen molar-refractivity contribution in [2.45, 2.75) is 48.7 Å². The fourth-order valence-electron chi connectivity index (χ4n) is 4.60. The maximum Gasteiger partial charge on any atom is 0.263 e. The lowest BCUT2D eigenvalue weighted by Crippen LogP contribution is -2.65. The molecule has 2 aliphatic heterocycles. The molecule has 2 aliphatic rings. The number of fused-ring (bicyclic) bond motifs is 1. The van der Waals surface area contributed by atoms with Gasteiger partial charge in [-0.2, -0.15) is 0 Å². The van der Waals surface area contributed by atoms with E-state index in [0.717, 1.165) is 6.07 Å². The van der Waals surface area contributed by atoms with E-state index in [2.05, 4.69) is 0 Å². The van der Waals surface area contributed by atoms with Crippen LogP contribution in [0.15, 0.2) is 39.5 Å². The molecule has 16 nitrogen and oxygen atoms in total. The normalized spacial score (nSPS) is 31.6. The van der Waals surface area contributed by atoms with Crippen molar-refractivity contribution in [1.82, 2.24) is 0 Å². The second-order valence-electron chi connectivity index (χ2n) is 9.84. The number of aliphatic hydroxyl groups excluding tert-OH is 7. The fourth-order valence-corrected chi connectivity index (χ4v) is 4.60. The van der Waals surface area contributed by atoms with E-state index in [1.165, 1.54) is 24.3 Å². The van der Waals surface area contributed by atoms with Crippen LogP contribution in [-0.4, -0.2) is 120 Å². The van der Waals surface area contributed by atoms with E-state index < -0.39 is 108 Å². The highest BCUT2D eigenvalue weighted by Crippen LogP contribution is 2.52. The molecular weight excluding hydrogens is 568 g/mol. The van der Waals surface area contributed by atoms with Crippen molar-refractivity contribution >= 4 is 11.0 Å². The average molecular weight is 596 g/mol. The number of ether oxygens (including phenoxy) is 4. The monoisotopic (exact) mass is 596 g/mol. The van der Waals surface area contributed by atoms with Crippen LogP contribution in [0.25, 0.3) is 22.3 Å². The summed E-state index contributed by atoms with van der Waals surface area (Å²) in [5.41, 5.74) is -1.26. The molecule has 0 radical (unpaired) electrons. The Balaban J connectivity index is 1.70. The largest absolute Gasteiger partial charge is 0.508 e. The minimum Gasteiger partial charge on any atom is -0.508 e. The summed E-state index contributed by atoms with van der Waals surface area (Å²) in [6.45, 7) is -2.36. The minimum atomic E-state index is -2.58. The van der Waals surface area contributed by atoms with Crippen LogP contribution >= 0.6 is 0 Å². The number of benzene rings is 2. The molecule has 3 aromatic rings. The van der Waals surface area contributed by atoms with Gasteiger partial charge in [-0.1, -0.05) is 0 Å². The number of hydrogen-bond donors (Lipinski definition) is 10. The molecule has 2 fully saturated rings. The summed E-state index contributed by atoms with van der Waals surface area (Å²) in [4.78, 5) is 13.3. The Labute approximate surface area is 235 Å². The Kier molecular flexibility index (Phi) is 7.92. The Morgan fingerprint density at radius 3 is 2.19 bits per heavy atom. The maximum atomic E-state index is 13.3. The van der Waals surface area contributed by atoms with Gasteiger partial charge in [0.25, 0.3) is 5.79 Å². The zero-order valence-electron chi connectivity index (χ0n) is 21.5. The van der Waals surface area contributed by atoms with Gasteiger partial charge in [0.2, 0.25) is 23.5 Å². The first kappa shape index (κ1) is 29.8. The highest BCUT2D eigenvalue weighted by atomic mass is 16.7. The third kappa shape index (κ3) is 4.98. The molecule has 0 unspecified atom stereocenters. The minimum absolute atomic E-state index is 0.0882. The third-order valence-electron chi connectivity index (χ3n) is 7.04. The number of rotatable bonds is 6. The molecule has 3 heterocycles. The molecule has 228 valence electrons. The molecular formula is C26H28O16. The number of aromatic hydroxyl groups is 3. The van der Waals surface area contributed by atoms with Crippen LogP contribution in [0.1, 0.15) is 0 Å². The molecule has 2 saturated heterocycles. The molecule has 5 rings (SSSR count). The standard InChI is InChI=1S/C26H28O16/c27-8-26(24(37)17(33)13(31)7-39-26)42-22-18(34)15-11(29)5-14(9-1-3-10(28)4-2-9)40-21(15)23(20(22)36)41-25-19(35)16(32)12(30)6-38-25/h1-5,12-13,16-17,19,24-25,27-28,30-37H,6-8H2/t12-,13+,16-,17-,19-,24-,25+,26+/m1/s1. The predicted octanol–water partition coefficient (Wildman–Crippen LogP) is -2.43. The fraction of sp³-hybridized carbons (Fsp3) is 0.423. The summed E-state index contributed by atoms with van der Waals surface area (Å²) in [6, 6.07) is 6.36. The average Bonchev–Trinajstić information content (AvgIpc) is 2.97. The molecule has 0 spiro atoms. The number of aliphatic hydroxyl groups is 7. The number of phenolic OH excluding ortho intramolecular Hbond substituents is 3. The van der Waals surface area contributed by atoms with Gasteiger partial charge in [0.15, 0.2) is 16.8 Å². The Morgan fingerprint density at radius 2 is 1.52 bits per heavy atom. The van der Waals surface area contributed by atoms with Gasteiger partial charge in [0.05, 0.1) is 13.2 Å². The SMILES string of the molecule is O=c1cc(-c2ccc(O)cc2)oc2c(O[C@@H]3OC[C@@H](O)[C@@H](O)[C@H]3O)c(O)c(O[C@]3(CO)OC[C@H](O)[C@@H](O)[C@H]3O)c(O)c12. The first-order valence-electron chi connectivity index (χ1n) is 12.5. The van der Waals surface area contributed by atoms with E-state index >= 15 is 0 Å². The molecule has 0 aliphatic carbocycles. The summed E-state index contributed by atoms with van der Waals surface area (Å²) in [7, 11) is 0. The highest BCUT2D eigenvalue weighted by molar-refractivity contribution is 5.95. The van der Waals surface area contributed by atoms with Crippen molar-refractivity contribution in [3.05, 3.63) is 40.6 Å². The van der Waals surface area contributed by atoms with Gasteiger partial charge in [-0.25, -0.2) is 0 Å². The Bertz CT molecular complexity index is 1510. The van der Waals surface area contributed by atoms with Crippen molar-refractivity contribution < 1.29 is 74.4 Å². The van der Waals surface area contributed by atoms with E-state index in [1.54, 1.807) is 0 Å². The van der Waals surface area contributed by atoms with Gasteiger partial charge in [0.1, 0.15) is 60.1 Å². The van der Waals surface area contributed by atoms with E-state index in [-0.39, 0.29) is 17.1 Å².